The molecule has 0 aliphatic carbocycles. The van der Waals surface area contributed by atoms with Gasteiger partial charge >= 0.3 is 0 Å². The lowest BCUT2D eigenvalue weighted by Gasteiger charge is -2.36. The number of aryl methyl sites for hydroxylation is 1. The van der Waals surface area contributed by atoms with Gasteiger partial charge < -0.3 is 15.1 Å². The number of hydrogen-bond donors (Lipinski definition) is 1. The Labute approximate surface area is 259 Å². The fraction of sp³-hybridized carbons (Fsp3) is 0.212. The molecule has 3 aromatic carbocycles. The monoisotopic (exact) mass is 626 g/mol. The average molecular weight is 627 g/mol. The molecule has 45 heavy (non-hydrogen) atoms. The van der Waals surface area contributed by atoms with Gasteiger partial charge in [-0.2, -0.15) is 4.98 Å². The molecule has 0 unspecified atom stereocenters. The Morgan fingerprint density at radius 2 is 1.44 bits per heavy atom. The molecule has 12 heteroatoms. The van der Waals surface area contributed by atoms with E-state index in [1.165, 1.54) is 34.9 Å². The number of nitrogens with zero attached hydrogens (tertiary/aromatic N) is 5. The van der Waals surface area contributed by atoms with Crippen LogP contribution in [0.1, 0.15) is 21.6 Å². The van der Waals surface area contributed by atoms with Crippen molar-refractivity contribution in [2.75, 3.05) is 42.2 Å². The van der Waals surface area contributed by atoms with Gasteiger partial charge in [0.15, 0.2) is 15.5 Å². The molecule has 0 saturated carbocycles. The highest BCUT2D eigenvalue weighted by molar-refractivity contribution is 7.90. The lowest BCUT2D eigenvalue weighted by molar-refractivity contribution is 0.0951. The number of rotatable bonds is 7. The Morgan fingerprint density at radius 1 is 0.822 bits per heavy atom. The maximum atomic E-state index is 13.4. The van der Waals surface area contributed by atoms with E-state index in [9.17, 15) is 22.4 Å². The van der Waals surface area contributed by atoms with Crippen LogP contribution in [-0.4, -0.2) is 61.3 Å². The van der Waals surface area contributed by atoms with Crippen LogP contribution in [0.2, 0.25) is 0 Å². The molecule has 1 aliphatic rings. The summed E-state index contributed by atoms with van der Waals surface area (Å²) in [6.07, 6.45) is 1.15. The number of fused-ring (bicyclic) bond motifs is 1. The highest BCUT2D eigenvalue weighted by Crippen LogP contribution is 2.23. The van der Waals surface area contributed by atoms with E-state index in [2.05, 4.69) is 15.1 Å². The molecule has 230 valence electrons. The van der Waals surface area contributed by atoms with Crippen molar-refractivity contribution in [3.05, 3.63) is 118 Å². The number of amides is 1. The molecule has 1 saturated heterocycles. The molecule has 0 bridgehead atoms. The fourth-order valence-corrected chi connectivity index (χ4v) is 5.99. The van der Waals surface area contributed by atoms with Crippen LogP contribution in [0.25, 0.3) is 16.7 Å². The molecule has 1 aliphatic heterocycles. The number of anilines is 2. The third-order valence-electron chi connectivity index (χ3n) is 7.88. The number of nitrogens with one attached hydrogen (secondary N) is 1. The molecular weight excluding hydrogens is 595 g/mol. The van der Waals surface area contributed by atoms with Gasteiger partial charge in [0.1, 0.15) is 5.82 Å². The molecule has 0 atom stereocenters. The number of aromatic nitrogens is 3. The van der Waals surface area contributed by atoms with Crippen LogP contribution in [-0.2, 0) is 16.4 Å². The summed E-state index contributed by atoms with van der Waals surface area (Å²) in [5, 5.41) is 3.58. The topological polar surface area (TPSA) is 118 Å². The number of piperazine rings is 1. The fourth-order valence-electron chi connectivity index (χ4n) is 5.36. The molecule has 5 aromatic rings. The molecule has 1 amide bonds. The van der Waals surface area contributed by atoms with Gasteiger partial charge in [0.05, 0.1) is 16.3 Å². The van der Waals surface area contributed by atoms with Crippen LogP contribution in [0.15, 0.2) is 94.6 Å². The van der Waals surface area contributed by atoms with Crippen LogP contribution >= 0.6 is 0 Å². The second kappa shape index (κ2) is 12.1. The zero-order chi connectivity index (χ0) is 31.7. The van der Waals surface area contributed by atoms with E-state index >= 15 is 0 Å². The van der Waals surface area contributed by atoms with E-state index in [1.54, 1.807) is 54.6 Å². The first kappa shape index (κ1) is 29.9. The number of sulfone groups is 1. The summed E-state index contributed by atoms with van der Waals surface area (Å²) in [4.78, 5) is 40.1. The second-order valence-corrected chi connectivity index (χ2v) is 13.0. The molecular formula is C33H31FN6O4S. The maximum absolute atomic E-state index is 13.4. The normalized spacial score (nSPS) is 13.7. The first-order valence-corrected chi connectivity index (χ1v) is 16.3. The van der Waals surface area contributed by atoms with Gasteiger partial charge in [-0.05, 0) is 79.2 Å². The van der Waals surface area contributed by atoms with Crippen molar-refractivity contribution in [2.45, 2.75) is 18.4 Å². The minimum absolute atomic E-state index is 0.217. The van der Waals surface area contributed by atoms with Crippen molar-refractivity contribution >= 4 is 38.4 Å². The number of benzene rings is 3. The number of hydrogen-bond acceptors (Lipinski definition) is 8. The Hall–Kier alpha value is -5.10. The highest BCUT2D eigenvalue weighted by Gasteiger charge is 2.21. The maximum Gasteiger partial charge on any atom is 0.256 e. The lowest BCUT2D eigenvalue weighted by Crippen LogP contribution is -2.47. The second-order valence-electron chi connectivity index (χ2n) is 10.9. The Bertz CT molecular complexity index is 2040. The predicted octanol–water partition coefficient (Wildman–Crippen LogP) is 3.89. The highest BCUT2D eigenvalue weighted by atomic mass is 32.2. The summed E-state index contributed by atoms with van der Waals surface area (Å²) in [5.41, 5.74) is 3.64. The zero-order valence-electron chi connectivity index (χ0n) is 24.8. The van der Waals surface area contributed by atoms with Gasteiger partial charge in [0, 0.05) is 61.7 Å². The van der Waals surface area contributed by atoms with E-state index < -0.39 is 9.84 Å². The summed E-state index contributed by atoms with van der Waals surface area (Å²) >= 11 is 0. The summed E-state index contributed by atoms with van der Waals surface area (Å²) in [7, 11) is -3.29. The van der Waals surface area contributed by atoms with Crippen molar-refractivity contribution in [2.24, 2.45) is 0 Å². The summed E-state index contributed by atoms with van der Waals surface area (Å²) in [6.45, 7) is 4.85. The van der Waals surface area contributed by atoms with Gasteiger partial charge in [-0.25, -0.2) is 17.8 Å². The van der Waals surface area contributed by atoms with Gasteiger partial charge in [0.25, 0.3) is 11.5 Å². The summed E-state index contributed by atoms with van der Waals surface area (Å²) < 4.78 is 38.2. The third kappa shape index (κ3) is 6.41. The van der Waals surface area contributed by atoms with Crippen molar-refractivity contribution < 1.29 is 17.6 Å². The van der Waals surface area contributed by atoms with Crippen LogP contribution in [0.4, 0.5) is 16.0 Å². The van der Waals surface area contributed by atoms with Crippen molar-refractivity contribution in [3.63, 3.8) is 0 Å². The lowest BCUT2D eigenvalue weighted by atomic mass is 10.1. The smallest absolute Gasteiger partial charge is 0.256 e. The average Bonchev–Trinajstić information content (AvgIpc) is 3.04. The van der Waals surface area contributed by atoms with E-state index in [0.717, 1.165) is 28.6 Å². The number of carbonyl (C=O) groups is 1. The van der Waals surface area contributed by atoms with Gasteiger partial charge in [-0.1, -0.05) is 12.1 Å². The molecule has 0 spiro atoms. The first-order chi connectivity index (χ1) is 21.6. The molecule has 1 fully saturated rings. The van der Waals surface area contributed by atoms with Gasteiger partial charge in [0.2, 0.25) is 5.95 Å². The number of carbonyl (C=O) groups excluding carboxylic acids is 1. The molecule has 0 radical (unpaired) electrons. The molecule has 2 aromatic heterocycles. The molecule has 6 rings (SSSR count). The van der Waals surface area contributed by atoms with Crippen LogP contribution in [0.3, 0.4) is 0 Å². The molecule has 3 heterocycles. The Morgan fingerprint density at radius 3 is 2.09 bits per heavy atom. The van der Waals surface area contributed by atoms with Gasteiger partial charge in [-0.3, -0.25) is 14.2 Å². The predicted molar refractivity (Wildman–Crippen MR) is 171 cm³/mol. The van der Waals surface area contributed by atoms with Crippen LogP contribution in [0.5, 0.6) is 0 Å². The summed E-state index contributed by atoms with van der Waals surface area (Å²) in [6, 6.07) is 22.7. The Kier molecular flexibility index (Phi) is 8.07. The van der Waals surface area contributed by atoms with E-state index in [0.29, 0.717) is 49.0 Å². The minimum atomic E-state index is -3.29. The van der Waals surface area contributed by atoms with Crippen LogP contribution in [0, 0.1) is 12.7 Å². The molecule has 1 N–H and O–H groups in total. The largest absolute Gasteiger partial charge is 0.368 e. The first-order valence-electron chi connectivity index (χ1n) is 14.4. The van der Waals surface area contributed by atoms with Crippen molar-refractivity contribution in [1.82, 2.24) is 19.9 Å². The number of pyridine rings is 1. The standard InChI is InChI=1S/C33H31FN6O4S/c1-22-29-15-16-30(41)40(31(29)37-33(36-22)39-19-17-38(18-20-39)26-11-7-25(34)8-12-26)27-9-5-24(6-10-27)32(42)35-21-23-3-13-28(14-4-23)45(2,43)44/h3-16H,17-21H2,1-2H3,(H,35,42). The van der Waals surface area contributed by atoms with E-state index in [1.807, 2.05) is 6.92 Å². The van der Waals surface area contributed by atoms with Crippen molar-refractivity contribution in [1.29, 1.82) is 0 Å². The van der Waals surface area contributed by atoms with Crippen molar-refractivity contribution in [3.8, 4) is 5.69 Å². The SMILES string of the molecule is Cc1nc(N2CCN(c3ccc(F)cc3)CC2)nc2c1ccc(=O)n2-c1ccc(C(=O)NCc2ccc(S(C)(=O)=O)cc2)cc1. The zero-order valence-corrected chi connectivity index (χ0v) is 25.6. The Balaban J connectivity index is 1.20. The quantitative estimate of drug-likeness (QED) is 0.289. The third-order valence-corrected chi connectivity index (χ3v) is 9.00. The summed E-state index contributed by atoms with van der Waals surface area (Å²) in [5.74, 6) is -0.0459. The molecule has 10 nitrogen and oxygen atoms in total. The van der Waals surface area contributed by atoms with Gasteiger partial charge in [-0.15, -0.1) is 0 Å². The number of halogens is 1. The van der Waals surface area contributed by atoms with Crippen LogP contribution < -0.4 is 20.7 Å². The van der Waals surface area contributed by atoms with E-state index in [-0.39, 0.29) is 28.7 Å². The van der Waals surface area contributed by atoms with E-state index in [4.69, 9.17) is 9.97 Å². The minimum Gasteiger partial charge on any atom is -0.368 e.